The quantitative estimate of drug-likeness (QED) is 0.419. The van der Waals surface area contributed by atoms with E-state index in [2.05, 4.69) is 72.9 Å². The molecule has 0 saturated carbocycles. The van der Waals surface area contributed by atoms with Crippen molar-refractivity contribution in [1.82, 2.24) is 9.97 Å². The van der Waals surface area contributed by atoms with Gasteiger partial charge in [0.15, 0.2) is 0 Å². The maximum absolute atomic E-state index is 5.10. The second kappa shape index (κ2) is 4.86. The number of rotatable bonds is 0. The van der Waals surface area contributed by atoms with Crippen molar-refractivity contribution >= 4 is 27.0 Å². The van der Waals surface area contributed by atoms with Gasteiger partial charge in [0.1, 0.15) is 5.82 Å². The molecular weight excluding hydrogens is 396 g/mol. The van der Waals surface area contributed by atoms with E-state index in [-0.39, 0.29) is 10.8 Å². The Hall–Kier alpha value is -1.61. The van der Waals surface area contributed by atoms with Crippen molar-refractivity contribution < 1.29 is 0 Å². The van der Waals surface area contributed by atoms with Crippen LogP contribution in [-0.4, -0.2) is 9.97 Å². The molecule has 138 valence electrons. The Bertz CT molecular complexity index is 1120. The summed E-state index contributed by atoms with van der Waals surface area (Å²) in [5.74, 6) is 2.03. The van der Waals surface area contributed by atoms with E-state index in [0.717, 1.165) is 11.3 Å². The summed E-state index contributed by atoms with van der Waals surface area (Å²) in [5, 5.41) is 0. The molecule has 2 aliphatic heterocycles. The first-order chi connectivity index (χ1) is 12.8. The van der Waals surface area contributed by atoms with Gasteiger partial charge in [0.25, 0.3) is 0 Å². The van der Waals surface area contributed by atoms with Gasteiger partial charge in [0.05, 0.1) is 11.0 Å². The molecule has 0 radical (unpaired) electrons. The van der Waals surface area contributed by atoms with Gasteiger partial charge in [-0.05, 0) is 82.4 Å². The average molecular weight is 421 g/mol. The molecule has 10 bridgehead atoms. The summed E-state index contributed by atoms with van der Waals surface area (Å²) in [6, 6.07) is 9.43. The van der Waals surface area contributed by atoms with E-state index in [1.165, 1.54) is 45.9 Å². The van der Waals surface area contributed by atoms with Crippen molar-refractivity contribution in [3.05, 3.63) is 51.0 Å². The van der Waals surface area contributed by atoms with Crippen LogP contribution in [0.1, 0.15) is 81.0 Å². The van der Waals surface area contributed by atoms with Crippen molar-refractivity contribution in [3.63, 3.8) is 0 Å². The molecule has 7 rings (SSSR count). The van der Waals surface area contributed by atoms with Crippen molar-refractivity contribution in [2.24, 2.45) is 0 Å². The minimum Gasteiger partial charge on any atom is -0.338 e. The zero-order valence-electron chi connectivity index (χ0n) is 16.4. The summed E-state index contributed by atoms with van der Waals surface area (Å²) >= 11 is 3.90. The molecule has 4 unspecified atom stereocenters. The number of hydrogen-bond acceptors (Lipinski definition) is 1. The second-order valence-electron chi connectivity index (χ2n) is 9.93. The van der Waals surface area contributed by atoms with Crippen LogP contribution in [0.15, 0.2) is 28.7 Å². The number of nitrogens with zero attached hydrogens (tertiary/aromatic N) is 1. The standard InChI is InChI=1S/C24H25BrN2/c1-12-9-23(3)11-24(4)10-13(2)20-17(25)6-5-14(12)21(20)22-26-18-7-15(23)16(24)8-19(18)27-22/h5-8,12-13H,9-11H2,1-4H3,(H,26,27). The van der Waals surface area contributed by atoms with E-state index in [4.69, 9.17) is 4.98 Å². The number of imidazole rings is 1. The van der Waals surface area contributed by atoms with Gasteiger partial charge < -0.3 is 4.98 Å². The number of aromatic nitrogens is 2. The molecule has 4 aliphatic rings. The Balaban J connectivity index is 1.87. The summed E-state index contributed by atoms with van der Waals surface area (Å²) in [6.45, 7) is 9.82. The fraction of sp³-hybridized carbons (Fsp3) is 0.458. The normalized spacial score (nSPS) is 33.2. The number of fused-ring (bicyclic) bond motifs is 2. The topological polar surface area (TPSA) is 28.7 Å². The third-order valence-electron chi connectivity index (χ3n) is 7.70. The zero-order valence-corrected chi connectivity index (χ0v) is 18.0. The highest BCUT2D eigenvalue weighted by molar-refractivity contribution is 9.10. The summed E-state index contributed by atoms with van der Waals surface area (Å²) in [6.07, 6.45) is 3.62. The third-order valence-corrected chi connectivity index (χ3v) is 8.39. The molecule has 0 fully saturated rings. The van der Waals surface area contributed by atoms with Crippen molar-refractivity contribution in [2.75, 3.05) is 0 Å². The van der Waals surface area contributed by atoms with Crippen LogP contribution in [0.5, 0.6) is 0 Å². The predicted octanol–water partition coefficient (Wildman–Crippen LogP) is 6.93. The molecule has 1 aromatic heterocycles. The largest absolute Gasteiger partial charge is 0.338 e. The monoisotopic (exact) mass is 420 g/mol. The van der Waals surface area contributed by atoms with E-state index in [1.807, 2.05) is 0 Å². The van der Waals surface area contributed by atoms with E-state index < -0.39 is 0 Å². The fourth-order valence-corrected chi connectivity index (χ4v) is 7.64. The van der Waals surface area contributed by atoms with Gasteiger partial charge in [-0.15, -0.1) is 0 Å². The van der Waals surface area contributed by atoms with Gasteiger partial charge in [-0.3, -0.25) is 0 Å². The molecule has 0 spiro atoms. The predicted molar refractivity (Wildman–Crippen MR) is 115 cm³/mol. The van der Waals surface area contributed by atoms with Crippen molar-refractivity contribution in [2.45, 2.75) is 69.6 Å². The molecule has 2 aromatic carbocycles. The van der Waals surface area contributed by atoms with Crippen LogP contribution in [-0.2, 0) is 10.8 Å². The Morgan fingerprint density at radius 1 is 1.04 bits per heavy atom. The van der Waals surface area contributed by atoms with Crippen LogP contribution in [0, 0.1) is 0 Å². The van der Waals surface area contributed by atoms with Crippen molar-refractivity contribution in [3.8, 4) is 11.4 Å². The second-order valence-corrected chi connectivity index (χ2v) is 10.8. The molecule has 27 heavy (non-hydrogen) atoms. The molecule has 1 N–H and O–H groups in total. The van der Waals surface area contributed by atoms with Gasteiger partial charge in [0.2, 0.25) is 0 Å². The lowest BCUT2D eigenvalue weighted by molar-refractivity contribution is 0.296. The first-order valence-corrected chi connectivity index (χ1v) is 11.0. The van der Waals surface area contributed by atoms with Gasteiger partial charge in [-0.1, -0.05) is 49.7 Å². The van der Waals surface area contributed by atoms with Crippen LogP contribution in [0.4, 0.5) is 0 Å². The molecule has 0 saturated heterocycles. The first-order valence-electron chi connectivity index (χ1n) is 10.2. The Kier molecular flexibility index (Phi) is 2.94. The fourth-order valence-electron chi connectivity index (χ4n) is 6.92. The van der Waals surface area contributed by atoms with Crippen LogP contribution in [0.3, 0.4) is 0 Å². The maximum atomic E-state index is 5.10. The van der Waals surface area contributed by atoms with Crippen LogP contribution in [0.2, 0.25) is 0 Å². The number of nitrogens with one attached hydrogen (secondary N) is 1. The maximum Gasteiger partial charge on any atom is 0.139 e. The lowest BCUT2D eigenvalue weighted by atomic mass is 9.67. The van der Waals surface area contributed by atoms with Gasteiger partial charge >= 0.3 is 0 Å². The van der Waals surface area contributed by atoms with Crippen LogP contribution >= 0.6 is 15.9 Å². The first kappa shape index (κ1) is 16.4. The minimum atomic E-state index is 0.212. The third kappa shape index (κ3) is 1.94. The van der Waals surface area contributed by atoms with Crippen LogP contribution in [0.25, 0.3) is 22.4 Å². The lowest BCUT2D eigenvalue weighted by Gasteiger charge is -2.37. The Morgan fingerprint density at radius 3 is 2.52 bits per heavy atom. The minimum absolute atomic E-state index is 0.212. The Morgan fingerprint density at radius 2 is 1.74 bits per heavy atom. The van der Waals surface area contributed by atoms with E-state index in [1.54, 1.807) is 11.1 Å². The molecular formula is C24H25BrN2. The average Bonchev–Trinajstić information content (AvgIpc) is 3.08. The number of halogens is 1. The number of H-pyrrole nitrogens is 1. The summed E-state index contributed by atoms with van der Waals surface area (Å²) in [5.41, 5.74) is 10.1. The molecule has 3 heteroatoms. The summed E-state index contributed by atoms with van der Waals surface area (Å²) < 4.78 is 1.23. The molecule has 2 nitrogen and oxygen atoms in total. The van der Waals surface area contributed by atoms with E-state index in [0.29, 0.717) is 11.8 Å². The lowest BCUT2D eigenvalue weighted by Crippen LogP contribution is -2.28. The smallest absolute Gasteiger partial charge is 0.139 e. The van der Waals surface area contributed by atoms with Crippen LogP contribution < -0.4 is 0 Å². The van der Waals surface area contributed by atoms with E-state index in [9.17, 15) is 0 Å². The highest BCUT2D eigenvalue weighted by atomic mass is 79.9. The molecule has 4 atom stereocenters. The highest BCUT2D eigenvalue weighted by Crippen LogP contribution is 2.59. The zero-order chi connectivity index (χ0) is 18.7. The van der Waals surface area contributed by atoms with Gasteiger partial charge in [0, 0.05) is 10.0 Å². The molecule has 0 amide bonds. The van der Waals surface area contributed by atoms with Crippen molar-refractivity contribution in [1.29, 1.82) is 0 Å². The number of benzene rings is 2. The number of hydrogen-bond donors (Lipinski definition) is 1. The van der Waals surface area contributed by atoms with Gasteiger partial charge in [-0.2, -0.15) is 0 Å². The molecule has 3 heterocycles. The number of aromatic amines is 1. The highest BCUT2D eigenvalue weighted by Gasteiger charge is 2.50. The molecule has 3 aromatic rings. The van der Waals surface area contributed by atoms with E-state index >= 15 is 0 Å². The summed E-state index contributed by atoms with van der Waals surface area (Å²) in [7, 11) is 0. The van der Waals surface area contributed by atoms with Gasteiger partial charge in [-0.25, -0.2) is 4.98 Å². The Labute approximate surface area is 168 Å². The molecule has 2 aliphatic carbocycles. The SMILES string of the molecule is CC1CC2(C)CC3(C)CC(C)c4c(Br)ccc1c4-c1nc4cc2c3cc4[nH]1. The summed E-state index contributed by atoms with van der Waals surface area (Å²) in [4.78, 5) is 8.80.